The average molecular weight is 260 g/mol. The van der Waals surface area contributed by atoms with Crippen LogP contribution < -0.4 is 5.73 Å². The van der Waals surface area contributed by atoms with Crippen LogP contribution in [0.1, 0.15) is 35.6 Å². The van der Waals surface area contributed by atoms with Crippen molar-refractivity contribution in [2.45, 2.75) is 25.2 Å². The van der Waals surface area contributed by atoms with Gasteiger partial charge < -0.3 is 5.73 Å². The van der Waals surface area contributed by atoms with E-state index in [0.29, 0.717) is 10.8 Å². The van der Waals surface area contributed by atoms with E-state index in [4.69, 9.17) is 17.3 Å². The first-order valence-corrected chi connectivity index (χ1v) is 6.48. The van der Waals surface area contributed by atoms with Crippen LogP contribution in [-0.2, 0) is 6.42 Å². The lowest BCUT2D eigenvalue weighted by molar-refractivity contribution is 0.599. The lowest BCUT2D eigenvalue weighted by Gasteiger charge is -2.25. The molecule has 92 valence electrons. The van der Waals surface area contributed by atoms with E-state index in [2.05, 4.69) is 16.0 Å². The van der Waals surface area contributed by atoms with Crippen LogP contribution in [0.25, 0.3) is 0 Å². The van der Waals surface area contributed by atoms with Gasteiger partial charge in [0.25, 0.3) is 0 Å². The third-order valence-corrected chi connectivity index (χ3v) is 3.69. The summed E-state index contributed by atoms with van der Waals surface area (Å²) in [7, 11) is 0. The Hall–Kier alpha value is -1.61. The summed E-state index contributed by atoms with van der Waals surface area (Å²) in [6.07, 6.45) is 6.72. The Labute approximate surface area is 111 Å². The zero-order valence-electron chi connectivity index (χ0n) is 9.94. The van der Waals surface area contributed by atoms with Gasteiger partial charge in [0.05, 0.1) is 10.7 Å². The number of hydrogen-bond acceptors (Lipinski definition) is 3. The van der Waals surface area contributed by atoms with Crippen molar-refractivity contribution in [1.82, 2.24) is 9.97 Å². The van der Waals surface area contributed by atoms with Gasteiger partial charge in [-0.3, -0.25) is 4.98 Å². The first-order valence-electron chi connectivity index (χ1n) is 6.10. The van der Waals surface area contributed by atoms with Crippen LogP contribution in [0.5, 0.6) is 0 Å². The van der Waals surface area contributed by atoms with Crippen LogP contribution in [0.15, 0.2) is 30.6 Å². The minimum Gasteiger partial charge on any atom is -0.383 e. The number of aryl methyl sites for hydroxylation is 1. The molecule has 3 rings (SSSR count). The Morgan fingerprint density at radius 3 is 3.11 bits per heavy atom. The molecule has 2 heterocycles. The van der Waals surface area contributed by atoms with Crippen molar-refractivity contribution in [1.29, 1.82) is 0 Å². The number of nitrogens with zero attached hydrogens (tertiary/aromatic N) is 2. The van der Waals surface area contributed by atoms with Gasteiger partial charge in [0.15, 0.2) is 0 Å². The van der Waals surface area contributed by atoms with E-state index in [-0.39, 0.29) is 5.92 Å². The van der Waals surface area contributed by atoms with E-state index in [1.165, 1.54) is 5.56 Å². The maximum Gasteiger partial charge on any atom is 0.127 e. The second kappa shape index (κ2) is 4.58. The van der Waals surface area contributed by atoms with Crippen LogP contribution in [0, 0.1) is 0 Å². The van der Waals surface area contributed by atoms with E-state index in [0.717, 1.165) is 30.5 Å². The zero-order chi connectivity index (χ0) is 12.5. The molecule has 1 aliphatic carbocycles. The van der Waals surface area contributed by atoms with E-state index in [9.17, 15) is 0 Å². The predicted molar refractivity (Wildman–Crippen MR) is 72.7 cm³/mol. The maximum atomic E-state index is 6.02. The van der Waals surface area contributed by atoms with Gasteiger partial charge in [-0.05, 0) is 37.0 Å². The highest BCUT2D eigenvalue weighted by molar-refractivity contribution is 6.30. The highest BCUT2D eigenvalue weighted by Crippen LogP contribution is 2.37. The van der Waals surface area contributed by atoms with Crippen molar-refractivity contribution in [2.24, 2.45) is 0 Å². The number of rotatable bonds is 1. The fourth-order valence-electron chi connectivity index (χ4n) is 2.66. The molecule has 0 spiro atoms. The van der Waals surface area contributed by atoms with Crippen molar-refractivity contribution < 1.29 is 0 Å². The van der Waals surface area contributed by atoms with Gasteiger partial charge in [0.1, 0.15) is 5.82 Å². The number of pyridine rings is 2. The summed E-state index contributed by atoms with van der Waals surface area (Å²) < 4.78 is 0. The Kier molecular flexibility index (Phi) is 2.92. The highest BCUT2D eigenvalue weighted by atomic mass is 35.5. The topological polar surface area (TPSA) is 51.8 Å². The van der Waals surface area contributed by atoms with E-state index in [1.807, 2.05) is 18.3 Å². The smallest absolute Gasteiger partial charge is 0.127 e. The number of anilines is 1. The van der Waals surface area contributed by atoms with E-state index in [1.54, 1.807) is 6.20 Å². The highest BCUT2D eigenvalue weighted by Gasteiger charge is 2.25. The lowest BCUT2D eigenvalue weighted by Crippen LogP contribution is -2.14. The second-order valence-electron chi connectivity index (χ2n) is 4.62. The summed E-state index contributed by atoms with van der Waals surface area (Å²) in [5.41, 5.74) is 9.42. The molecule has 0 amide bonds. The molecular formula is C14H14ClN3. The summed E-state index contributed by atoms with van der Waals surface area (Å²) in [5, 5.41) is 0.627. The number of aromatic nitrogens is 2. The number of halogens is 1. The van der Waals surface area contributed by atoms with Gasteiger partial charge in [-0.15, -0.1) is 0 Å². The van der Waals surface area contributed by atoms with Gasteiger partial charge >= 0.3 is 0 Å². The molecular weight excluding hydrogens is 246 g/mol. The molecule has 0 bridgehead atoms. The molecule has 2 N–H and O–H groups in total. The Balaban J connectivity index is 2.11. The molecule has 18 heavy (non-hydrogen) atoms. The molecule has 0 fully saturated rings. The maximum absolute atomic E-state index is 6.02. The van der Waals surface area contributed by atoms with Gasteiger partial charge in [-0.1, -0.05) is 17.7 Å². The molecule has 4 heteroatoms. The molecule has 0 aliphatic heterocycles. The van der Waals surface area contributed by atoms with Crippen molar-refractivity contribution in [3.8, 4) is 0 Å². The Morgan fingerprint density at radius 2 is 2.22 bits per heavy atom. The average Bonchev–Trinajstić information content (AvgIpc) is 2.41. The third-order valence-electron chi connectivity index (χ3n) is 3.49. The molecule has 2 aromatic rings. The monoisotopic (exact) mass is 259 g/mol. The first-order chi connectivity index (χ1) is 8.75. The number of nitrogens with two attached hydrogens (primary N) is 1. The van der Waals surface area contributed by atoms with Gasteiger partial charge in [-0.25, -0.2) is 4.98 Å². The summed E-state index contributed by atoms with van der Waals surface area (Å²) >= 11 is 6.02. The largest absolute Gasteiger partial charge is 0.383 e. The fourth-order valence-corrected chi connectivity index (χ4v) is 2.82. The molecule has 0 saturated heterocycles. The summed E-state index contributed by atoms with van der Waals surface area (Å²) in [5.74, 6) is 0.782. The molecule has 0 saturated carbocycles. The van der Waals surface area contributed by atoms with Crippen LogP contribution in [0.3, 0.4) is 0 Å². The Morgan fingerprint density at radius 1 is 1.33 bits per heavy atom. The lowest BCUT2D eigenvalue weighted by atomic mass is 9.82. The minimum atomic E-state index is 0.223. The minimum absolute atomic E-state index is 0.223. The summed E-state index contributed by atoms with van der Waals surface area (Å²) in [6.45, 7) is 0. The summed E-state index contributed by atoms with van der Waals surface area (Å²) in [4.78, 5) is 8.67. The number of nitrogen functional groups attached to an aromatic ring is 1. The number of hydrogen-bond donors (Lipinski definition) is 1. The molecule has 0 radical (unpaired) electrons. The van der Waals surface area contributed by atoms with Gasteiger partial charge in [-0.2, -0.15) is 0 Å². The van der Waals surface area contributed by atoms with Crippen LogP contribution >= 0.6 is 11.6 Å². The van der Waals surface area contributed by atoms with E-state index < -0.39 is 0 Å². The molecule has 2 aromatic heterocycles. The number of fused-ring (bicyclic) bond motifs is 1. The van der Waals surface area contributed by atoms with Crippen molar-refractivity contribution in [3.05, 3.63) is 52.4 Å². The van der Waals surface area contributed by atoms with Gasteiger partial charge in [0, 0.05) is 23.9 Å². The molecule has 0 aromatic carbocycles. The van der Waals surface area contributed by atoms with Crippen LogP contribution in [0.2, 0.25) is 5.02 Å². The van der Waals surface area contributed by atoms with Crippen LogP contribution in [0.4, 0.5) is 5.82 Å². The SMILES string of the molecule is Nc1ncc(Cl)cc1C1CCCc2cccnc21. The molecule has 3 nitrogen and oxygen atoms in total. The molecule has 1 unspecified atom stereocenters. The van der Waals surface area contributed by atoms with Crippen molar-refractivity contribution in [2.75, 3.05) is 5.73 Å². The Bertz CT molecular complexity index is 583. The summed E-state index contributed by atoms with van der Waals surface area (Å²) in [6, 6.07) is 6.04. The second-order valence-corrected chi connectivity index (χ2v) is 5.06. The third kappa shape index (κ3) is 1.95. The molecule has 1 aliphatic rings. The predicted octanol–water partition coefficient (Wildman–Crippen LogP) is 3.18. The quantitative estimate of drug-likeness (QED) is 0.856. The molecule has 1 atom stereocenters. The fraction of sp³-hybridized carbons (Fsp3) is 0.286. The van der Waals surface area contributed by atoms with Crippen LogP contribution in [-0.4, -0.2) is 9.97 Å². The van der Waals surface area contributed by atoms with E-state index >= 15 is 0 Å². The van der Waals surface area contributed by atoms with Gasteiger partial charge in [0.2, 0.25) is 0 Å². The zero-order valence-corrected chi connectivity index (χ0v) is 10.7. The first kappa shape index (κ1) is 11.5. The van der Waals surface area contributed by atoms with Crippen molar-refractivity contribution in [3.63, 3.8) is 0 Å². The normalized spacial score (nSPS) is 18.4. The van der Waals surface area contributed by atoms with Crippen molar-refractivity contribution >= 4 is 17.4 Å². The standard InChI is InChI=1S/C14H14ClN3/c15-10-7-12(14(16)18-8-10)11-5-1-3-9-4-2-6-17-13(9)11/h2,4,6-8,11H,1,3,5H2,(H2,16,18).